The summed E-state index contributed by atoms with van der Waals surface area (Å²) in [6.07, 6.45) is 1.28. The lowest BCUT2D eigenvalue weighted by Gasteiger charge is -2.23. The van der Waals surface area contributed by atoms with Crippen molar-refractivity contribution in [1.29, 1.82) is 0 Å². The van der Waals surface area contributed by atoms with Gasteiger partial charge in [0, 0.05) is 12.1 Å². The van der Waals surface area contributed by atoms with Gasteiger partial charge in [0.15, 0.2) is 0 Å². The van der Waals surface area contributed by atoms with Crippen LogP contribution in [0.2, 0.25) is 0 Å². The molecule has 2 rings (SSSR count). The molecule has 0 bridgehead atoms. The highest BCUT2D eigenvalue weighted by Crippen LogP contribution is 2.13. The van der Waals surface area contributed by atoms with Crippen molar-refractivity contribution in [2.45, 2.75) is 25.4 Å². The molecular weight excluding hydrogens is 281 g/mol. The number of aliphatic hydroxyl groups is 1. The number of carbonyl (C=O) groups is 1. The van der Waals surface area contributed by atoms with E-state index in [1.54, 1.807) is 6.92 Å². The molecule has 0 radical (unpaired) electrons. The number of nitrogens with one attached hydrogen (secondary N) is 1. The Kier molecular flexibility index (Phi) is 5.28. The van der Waals surface area contributed by atoms with Gasteiger partial charge < -0.3 is 10.4 Å². The highest BCUT2D eigenvalue weighted by molar-refractivity contribution is 5.94. The minimum atomic E-state index is -0.995. The molecule has 0 aromatic heterocycles. The molecular formula is C18H20FNO2. The molecule has 116 valence electrons. The molecule has 0 aliphatic rings. The Labute approximate surface area is 129 Å². The Morgan fingerprint density at radius 2 is 1.77 bits per heavy atom. The molecule has 0 aliphatic carbocycles. The van der Waals surface area contributed by atoms with Crippen molar-refractivity contribution in [2.75, 3.05) is 6.54 Å². The van der Waals surface area contributed by atoms with Gasteiger partial charge in [-0.1, -0.05) is 30.3 Å². The summed E-state index contributed by atoms with van der Waals surface area (Å²) >= 11 is 0. The number of carbonyl (C=O) groups excluding carboxylic acids is 1. The monoisotopic (exact) mass is 301 g/mol. The minimum Gasteiger partial charge on any atom is -0.388 e. The number of halogens is 1. The van der Waals surface area contributed by atoms with Crippen molar-refractivity contribution in [3.63, 3.8) is 0 Å². The predicted octanol–water partition coefficient (Wildman–Crippen LogP) is 2.94. The van der Waals surface area contributed by atoms with Crippen LogP contribution in [0, 0.1) is 5.82 Å². The van der Waals surface area contributed by atoms with Gasteiger partial charge in [-0.3, -0.25) is 4.79 Å². The number of rotatable bonds is 6. The Morgan fingerprint density at radius 3 is 2.41 bits per heavy atom. The molecule has 2 N–H and O–H groups in total. The fourth-order valence-electron chi connectivity index (χ4n) is 2.12. The normalized spacial score (nSPS) is 13.4. The van der Waals surface area contributed by atoms with Gasteiger partial charge in [0.25, 0.3) is 5.91 Å². The van der Waals surface area contributed by atoms with Crippen LogP contribution in [0.25, 0.3) is 0 Å². The van der Waals surface area contributed by atoms with Crippen molar-refractivity contribution < 1.29 is 14.3 Å². The van der Waals surface area contributed by atoms with Crippen LogP contribution in [0.3, 0.4) is 0 Å². The maximum absolute atomic E-state index is 12.8. The van der Waals surface area contributed by atoms with Crippen LogP contribution in [-0.4, -0.2) is 23.2 Å². The van der Waals surface area contributed by atoms with Gasteiger partial charge in [-0.05, 0) is 49.6 Å². The van der Waals surface area contributed by atoms with E-state index in [0.717, 1.165) is 12.0 Å². The van der Waals surface area contributed by atoms with Gasteiger partial charge >= 0.3 is 0 Å². The third-order valence-electron chi connectivity index (χ3n) is 3.53. The first kappa shape index (κ1) is 16.2. The largest absolute Gasteiger partial charge is 0.388 e. The zero-order valence-electron chi connectivity index (χ0n) is 12.6. The van der Waals surface area contributed by atoms with E-state index >= 15 is 0 Å². The van der Waals surface area contributed by atoms with E-state index in [0.29, 0.717) is 12.0 Å². The third-order valence-corrected chi connectivity index (χ3v) is 3.53. The first-order valence-electron chi connectivity index (χ1n) is 7.26. The number of hydrogen-bond acceptors (Lipinski definition) is 2. The lowest BCUT2D eigenvalue weighted by molar-refractivity contribution is 0.0478. The summed E-state index contributed by atoms with van der Waals surface area (Å²) in [5, 5.41) is 13.0. The highest BCUT2D eigenvalue weighted by Gasteiger charge is 2.21. The van der Waals surface area contributed by atoms with E-state index in [4.69, 9.17) is 0 Å². The van der Waals surface area contributed by atoms with Gasteiger partial charge in [-0.15, -0.1) is 0 Å². The van der Waals surface area contributed by atoms with Crippen molar-refractivity contribution in [3.8, 4) is 0 Å². The number of amides is 1. The lowest BCUT2D eigenvalue weighted by Crippen LogP contribution is -2.41. The predicted molar refractivity (Wildman–Crippen MR) is 84.1 cm³/mol. The van der Waals surface area contributed by atoms with Crippen molar-refractivity contribution in [3.05, 3.63) is 71.5 Å². The van der Waals surface area contributed by atoms with Crippen molar-refractivity contribution in [1.82, 2.24) is 5.32 Å². The summed E-state index contributed by atoms with van der Waals surface area (Å²) in [5.74, 6) is -0.702. The maximum Gasteiger partial charge on any atom is 0.251 e. The summed E-state index contributed by atoms with van der Waals surface area (Å²) in [5.41, 5.74) is 0.527. The molecule has 2 aromatic rings. The Balaban J connectivity index is 1.83. The van der Waals surface area contributed by atoms with E-state index in [9.17, 15) is 14.3 Å². The topological polar surface area (TPSA) is 49.3 Å². The zero-order valence-corrected chi connectivity index (χ0v) is 12.6. The molecule has 0 spiro atoms. The Hall–Kier alpha value is -2.20. The molecule has 0 saturated heterocycles. The molecule has 0 aliphatic heterocycles. The van der Waals surface area contributed by atoms with Gasteiger partial charge in [0.2, 0.25) is 0 Å². The number of benzene rings is 2. The van der Waals surface area contributed by atoms with Crippen LogP contribution in [0.15, 0.2) is 54.6 Å². The molecule has 0 fully saturated rings. The van der Waals surface area contributed by atoms with Crippen LogP contribution in [0.5, 0.6) is 0 Å². The molecule has 0 unspecified atom stereocenters. The first-order valence-corrected chi connectivity index (χ1v) is 7.26. The quantitative estimate of drug-likeness (QED) is 0.862. The average Bonchev–Trinajstić information content (AvgIpc) is 2.53. The summed E-state index contributed by atoms with van der Waals surface area (Å²) in [7, 11) is 0. The van der Waals surface area contributed by atoms with E-state index < -0.39 is 5.60 Å². The van der Waals surface area contributed by atoms with Crippen LogP contribution in [-0.2, 0) is 6.42 Å². The smallest absolute Gasteiger partial charge is 0.251 e. The van der Waals surface area contributed by atoms with E-state index in [-0.39, 0.29) is 18.3 Å². The fourth-order valence-corrected chi connectivity index (χ4v) is 2.12. The second-order valence-corrected chi connectivity index (χ2v) is 5.67. The van der Waals surface area contributed by atoms with Crippen molar-refractivity contribution in [2.24, 2.45) is 0 Å². The van der Waals surface area contributed by atoms with E-state index in [1.807, 2.05) is 30.3 Å². The fraction of sp³-hybridized carbons (Fsp3) is 0.278. The van der Waals surface area contributed by atoms with Crippen LogP contribution in [0.1, 0.15) is 29.3 Å². The van der Waals surface area contributed by atoms with E-state index in [1.165, 1.54) is 24.3 Å². The van der Waals surface area contributed by atoms with Gasteiger partial charge in [-0.25, -0.2) is 4.39 Å². The molecule has 1 atom stereocenters. The second kappa shape index (κ2) is 7.18. The molecule has 4 heteroatoms. The molecule has 0 heterocycles. The summed E-state index contributed by atoms with van der Waals surface area (Å²) in [4.78, 5) is 11.9. The summed E-state index contributed by atoms with van der Waals surface area (Å²) in [6.45, 7) is 1.84. The molecule has 0 saturated carbocycles. The molecule has 1 amide bonds. The lowest BCUT2D eigenvalue weighted by atomic mass is 9.96. The maximum atomic E-state index is 12.8. The summed E-state index contributed by atoms with van der Waals surface area (Å²) in [6, 6.07) is 15.2. The standard InChI is InChI=1S/C18H20FNO2/c1-18(22,12-11-14-5-3-2-4-6-14)13-20-17(21)15-7-9-16(19)10-8-15/h2-10,22H,11-13H2,1H3,(H,20,21)/t18-/m1/s1. The van der Waals surface area contributed by atoms with Crippen LogP contribution < -0.4 is 5.32 Å². The minimum absolute atomic E-state index is 0.149. The Morgan fingerprint density at radius 1 is 1.14 bits per heavy atom. The molecule has 22 heavy (non-hydrogen) atoms. The van der Waals surface area contributed by atoms with Gasteiger partial charge in [-0.2, -0.15) is 0 Å². The van der Waals surface area contributed by atoms with Crippen LogP contribution >= 0.6 is 0 Å². The summed E-state index contributed by atoms with van der Waals surface area (Å²) < 4.78 is 12.8. The number of aryl methyl sites for hydroxylation is 1. The van der Waals surface area contributed by atoms with Gasteiger partial charge in [0.1, 0.15) is 5.82 Å². The second-order valence-electron chi connectivity index (χ2n) is 5.67. The zero-order chi connectivity index (χ0) is 16.0. The Bertz CT molecular complexity index is 609. The number of hydrogen-bond donors (Lipinski definition) is 2. The van der Waals surface area contributed by atoms with Crippen LogP contribution in [0.4, 0.5) is 4.39 Å². The average molecular weight is 301 g/mol. The molecule has 3 nitrogen and oxygen atoms in total. The highest BCUT2D eigenvalue weighted by atomic mass is 19.1. The van der Waals surface area contributed by atoms with Crippen molar-refractivity contribution >= 4 is 5.91 Å². The van der Waals surface area contributed by atoms with E-state index in [2.05, 4.69) is 5.32 Å². The first-order chi connectivity index (χ1) is 10.5. The SMILES string of the molecule is C[C@@](O)(CCc1ccccc1)CNC(=O)c1ccc(F)cc1. The molecule has 2 aromatic carbocycles. The van der Waals surface area contributed by atoms with Gasteiger partial charge in [0.05, 0.1) is 5.60 Å². The third kappa shape index (κ3) is 4.97.